The van der Waals surface area contributed by atoms with Crippen LogP contribution in [-0.2, 0) is 6.42 Å². The van der Waals surface area contributed by atoms with Crippen molar-refractivity contribution in [3.05, 3.63) is 89.2 Å². The van der Waals surface area contributed by atoms with Gasteiger partial charge in [0.25, 0.3) is 11.8 Å². The van der Waals surface area contributed by atoms with Crippen LogP contribution in [0.2, 0.25) is 0 Å². The second kappa shape index (κ2) is 7.27. The van der Waals surface area contributed by atoms with Gasteiger partial charge >= 0.3 is 0 Å². The summed E-state index contributed by atoms with van der Waals surface area (Å²) in [6.07, 6.45) is 3.81. The van der Waals surface area contributed by atoms with Gasteiger partial charge in [0.2, 0.25) is 0 Å². The van der Waals surface area contributed by atoms with Crippen LogP contribution in [0, 0.1) is 6.92 Å². The molecule has 2 heterocycles. The number of pyridine rings is 1. The molecule has 1 N–H and O–H groups in total. The van der Waals surface area contributed by atoms with E-state index >= 15 is 0 Å². The summed E-state index contributed by atoms with van der Waals surface area (Å²) >= 11 is 0. The lowest BCUT2D eigenvalue weighted by Crippen LogP contribution is -2.35. The number of amides is 2. The van der Waals surface area contributed by atoms with E-state index in [0.29, 0.717) is 16.8 Å². The van der Waals surface area contributed by atoms with E-state index in [2.05, 4.69) is 10.3 Å². The second-order valence-electron chi connectivity index (χ2n) is 7.14. The fourth-order valence-electron chi connectivity index (χ4n) is 3.62. The Morgan fingerprint density at radius 3 is 2.64 bits per heavy atom. The number of benzene rings is 2. The summed E-state index contributed by atoms with van der Waals surface area (Å²) in [5.74, 6) is -0.433. The third-order valence-corrected chi connectivity index (χ3v) is 4.95. The summed E-state index contributed by atoms with van der Waals surface area (Å²) in [4.78, 5) is 31.7. The number of fused-ring (bicyclic) bond motifs is 1. The number of nitrogens with one attached hydrogen (secondary N) is 1. The van der Waals surface area contributed by atoms with E-state index < -0.39 is 0 Å². The number of hydrogen-bond acceptors (Lipinski definition) is 3. The molecular weight excluding hydrogens is 350 g/mol. The topological polar surface area (TPSA) is 62.3 Å². The SMILES string of the molecule is Cc1cccc(NC(=O)c2cncc(C(=O)N3c4ccccc4CC3C)c2)c1. The number of anilines is 2. The van der Waals surface area contributed by atoms with Gasteiger partial charge in [-0.15, -0.1) is 0 Å². The highest BCUT2D eigenvalue weighted by atomic mass is 16.2. The zero-order valence-corrected chi connectivity index (χ0v) is 15.8. The summed E-state index contributed by atoms with van der Waals surface area (Å²) in [5.41, 5.74) is 4.61. The molecule has 1 aliphatic heterocycles. The zero-order valence-electron chi connectivity index (χ0n) is 15.8. The Morgan fingerprint density at radius 2 is 1.82 bits per heavy atom. The second-order valence-corrected chi connectivity index (χ2v) is 7.14. The molecule has 4 rings (SSSR count). The largest absolute Gasteiger partial charge is 0.322 e. The molecule has 28 heavy (non-hydrogen) atoms. The number of para-hydroxylation sites is 1. The number of carbonyl (C=O) groups excluding carboxylic acids is 2. The Morgan fingerprint density at radius 1 is 1.04 bits per heavy atom. The number of nitrogens with zero attached hydrogens (tertiary/aromatic N) is 2. The fraction of sp³-hybridized carbons (Fsp3) is 0.174. The van der Waals surface area contributed by atoms with E-state index in [1.54, 1.807) is 11.0 Å². The summed E-state index contributed by atoms with van der Waals surface area (Å²) in [6.45, 7) is 3.99. The van der Waals surface area contributed by atoms with Crippen molar-refractivity contribution < 1.29 is 9.59 Å². The lowest BCUT2D eigenvalue weighted by atomic mass is 10.1. The van der Waals surface area contributed by atoms with Crippen molar-refractivity contribution in [2.24, 2.45) is 0 Å². The van der Waals surface area contributed by atoms with Gasteiger partial charge in [0.05, 0.1) is 11.1 Å². The van der Waals surface area contributed by atoms with Crippen LogP contribution in [0.5, 0.6) is 0 Å². The number of rotatable bonds is 3. The standard InChI is InChI=1S/C23H21N3O2/c1-15-6-5-8-20(10-15)25-22(27)18-12-19(14-24-13-18)23(28)26-16(2)11-17-7-3-4-9-21(17)26/h3-10,12-14,16H,11H2,1-2H3,(H,25,27). The van der Waals surface area contributed by atoms with Crippen LogP contribution in [0.15, 0.2) is 67.0 Å². The Hall–Kier alpha value is -3.47. The van der Waals surface area contributed by atoms with Gasteiger partial charge < -0.3 is 10.2 Å². The van der Waals surface area contributed by atoms with E-state index in [1.807, 2.05) is 62.4 Å². The Kier molecular flexibility index (Phi) is 4.65. The first-order valence-corrected chi connectivity index (χ1v) is 9.27. The van der Waals surface area contributed by atoms with Crippen molar-refractivity contribution in [2.75, 3.05) is 10.2 Å². The average molecular weight is 371 g/mol. The Bertz CT molecular complexity index is 1060. The minimum absolute atomic E-state index is 0.0645. The van der Waals surface area contributed by atoms with Crippen molar-refractivity contribution in [1.82, 2.24) is 4.98 Å². The van der Waals surface area contributed by atoms with E-state index in [9.17, 15) is 9.59 Å². The molecule has 0 bridgehead atoms. The average Bonchev–Trinajstić information content (AvgIpc) is 3.03. The molecule has 0 fully saturated rings. The van der Waals surface area contributed by atoms with Crippen molar-refractivity contribution >= 4 is 23.2 Å². The van der Waals surface area contributed by atoms with Crippen molar-refractivity contribution in [3.63, 3.8) is 0 Å². The maximum atomic E-state index is 13.2. The molecule has 0 spiro atoms. The van der Waals surface area contributed by atoms with Crippen LogP contribution in [0.3, 0.4) is 0 Å². The molecule has 140 valence electrons. The van der Waals surface area contributed by atoms with Gasteiger partial charge in [-0.1, -0.05) is 30.3 Å². The highest BCUT2D eigenvalue weighted by Gasteiger charge is 2.31. The molecule has 1 aliphatic rings. The molecular formula is C23H21N3O2. The van der Waals surface area contributed by atoms with Crippen LogP contribution in [0.1, 0.15) is 38.8 Å². The van der Waals surface area contributed by atoms with Crippen molar-refractivity contribution in [3.8, 4) is 0 Å². The summed E-state index contributed by atoms with van der Waals surface area (Å²) in [5, 5.41) is 2.86. The first kappa shape index (κ1) is 17.9. The fourth-order valence-corrected chi connectivity index (χ4v) is 3.62. The molecule has 1 aromatic heterocycles. The van der Waals surface area contributed by atoms with Crippen LogP contribution in [0.25, 0.3) is 0 Å². The van der Waals surface area contributed by atoms with Crippen molar-refractivity contribution in [2.45, 2.75) is 26.3 Å². The molecule has 1 unspecified atom stereocenters. The van der Waals surface area contributed by atoms with Crippen LogP contribution < -0.4 is 10.2 Å². The van der Waals surface area contributed by atoms with Crippen LogP contribution >= 0.6 is 0 Å². The third-order valence-electron chi connectivity index (χ3n) is 4.95. The molecule has 1 atom stereocenters. The van der Waals surface area contributed by atoms with Gasteiger partial charge in [0.1, 0.15) is 0 Å². The summed E-state index contributed by atoms with van der Waals surface area (Å²) in [7, 11) is 0. The predicted octanol–water partition coefficient (Wildman–Crippen LogP) is 4.23. The molecule has 2 aromatic carbocycles. The first-order chi connectivity index (χ1) is 13.5. The van der Waals surface area contributed by atoms with E-state index in [0.717, 1.165) is 23.2 Å². The minimum atomic E-state index is -0.289. The molecule has 0 saturated carbocycles. The molecule has 5 nitrogen and oxygen atoms in total. The zero-order chi connectivity index (χ0) is 19.7. The molecule has 3 aromatic rings. The number of hydrogen-bond donors (Lipinski definition) is 1. The lowest BCUT2D eigenvalue weighted by molar-refractivity contribution is 0.0981. The molecule has 5 heteroatoms. The van der Waals surface area contributed by atoms with Crippen LogP contribution in [0.4, 0.5) is 11.4 Å². The van der Waals surface area contributed by atoms with Gasteiger partial charge in [-0.05, 0) is 55.7 Å². The van der Waals surface area contributed by atoms with E-state index in [4.69, 9.17) is 0 Å². The molecule has 0 saturated heterocycles. The van der Waals surface area contributed by atoms with E-state index in [1.165, 1.54) is 12.4 Å². The monoisotopic (exact) mass is 371 g/mol. The van der Waals surface area contributed by atoms with Gasteiger partial charge in [-0.25, -0.2) is 0 Å². The lowest BCUT2D eigenvalue weighted by Gasteiger charge is -2.22. The van der Waals surface area contributed by atoms with Crippen LogP contribution in [-0.4, -0.2) is 22.8 Å². The predicted molar refractivity (Wildman–Crippen MR) is 110 cm³/mol. The summed E-state index contributed by atoms with van der Waals surface area (Å²) < 4.78 is 0. The molecule has 0 aliphatic carbocycles. The Labute approximate surface area is 164 Å². The van der Waals surface area contributed by atoms with Gasteiger partial charge in [-0.2, -0.15) is 0 Å². The molecule has 0 radical (unpaired) electrons. The maximum absolute atomic E-state index is 13.2. The normalized spacial score (nSPS) is 15.2. The number of aryl methyl sites for hydroxylation is 1. The Balaban J connectivity index is 1.58. The number of carbonyl (C=O) groups is 2. The first-order valence-electron chi connectivity index (χ1n) is 9.27. The maximum Gasteiger partial charge on any atom is 0.260 e. The van der Waals surface area contributed by atoms with E-state index in [-0.39, 0.29) is 17.9 Å². The van der Waals surface area contributed by atoms with Gasteiger partial charge in [-0.3, -0.25) is 14.6 Å². The highest BCUT2D eigenvalue weighted by Crippen LogP contribution is 2.33. The highest BCUT2D eigenvalue weighted by molar-refractivity contribution is 6.10. The molecule has 2 amide bonds. The van der Waals surface area contributed by atoms with Gasteiger partial charge in [0, 0.05) is 29.8 Å². The number of aromatic nitrogens is 1. The smallest absolute Gasteiger partial charge is 0.260 e. The summed E-state index contributed by atoms with van der Waals surface area (Å²) in [6, 6.07) is 17.2. The minimum Gasteiger partial charge on any atom is -0.322 e. The van der Waals surface area contributed by atoms with Gasteiger partial charge in [0.15, 0.2) is 0 Å². The van der Waals surface area contributed by atoms with Crippen molar-refractivity contribution in [1.29, 1.82) is 0 Å². The quantitative estimate of drug-likeness (QED) is 0.749. The third kappa shape index (κ3) is 3.39.